The molecule has 0 aliphatic heterocycles. The average Bonchev–Trinajstić information content (AvgIpc) is 2.93. The number of hydrogen-bond acceptors (Lipinski definition) is 4. The number of ether oxygens (including phenoxy) is 1. The van der Waals surface area contributed by atoms with Crippen LogP contribution >= 0.6 is 0 Å². The summed E-state index contributed by atoms with van der Waals surface area (Å²) in [5.41, 5.74) is 5.26. The molecule has 6 heteroatoms. The Labute approximate surface area is 217 Å². The second-order valence-corrected chi connectivity index (χ2v) is 8.70. The molecule has 0 bridgehead atoms. The molecule has 0 spiro atoms. The van der Waals surface area contributed by atoms with Crippen LogP contribution in [0.15, 0.2) is 97.1 Å². The number of aliphatic hydroxyl groups excluding tert-OH is 1. The van der Waals surface area contributed by atoms with Gasteiger partial charge in [-0.25, -0.2) is 0 Å². The highest BCUT2D eigenvalue weighted by molar-refractivity contribution is 6.09. The maximum Gasteiger partial charge on any atom is 0.258 e. The molecule has 0 unspecified atom stereocenters. The Balaban J connectivity index is 1.47. The van der Waals surface area contributed by atoms with Gasteiger partial charge in [0.25, 0.3) is 11.8 Å². The highest BCUT2D eigenvalue weighted by Crippen LogP contribution is 2.29. The number of amides is 2. The second-order valence-electron chi connectivity index (χ2n) is 8.70. The second kappa shape index (κ2) is 12.0. The van der Waals surface area contributed by atoms with E-state index < -0.39 is 0 Å². The topological polar surface area (TPSA) is 78.9 Å². The summed E-state index contributed by atoms with van der Waals surface area (Å²) in [6.07, 6.45) is 0.509. The first-order valence-corrected chi connectivity index (χ1v) is 12.2. The fourth-order valence-electron chi connectivity index (χ4n) is 3.97. The van der Waals surface area contributed by atoms with E-state index in [9.17, 15) is 9.59 Å². The quantitative estimate of drug-likeness (QED) is 0.282. The normalized spacial score (nSPS) is 10.6. The molecular formula is C31H30N2O4. The predicted molar refractivity (Wildman–Crippen MR) is 147 cm³/mol. The zero-order chi connectivity index (χ0) is 26.2. The molecule has 4 aromatic carbocycles. The molecular weight excluding hydrogens is 464 g/mol. The number of aliphatic hydroxyl groups is 1. The van der Waals surface area contributed by atoms with Gasteiger partial charge in [0, 0.05) is 36.9 Å². The van der Waals surface area contributed by atoms with Crippen molar-refractivity contribution < 1.29 is 19.4 Å². The standard InChI is InChI=1S/C31H30N2O4/c1-22-12-14-23(15-13-22)26-8-3-4-9-27(26)30(35)32-25-18-16-24(17-19-25)31(36)33(2)28-10-5-6-11-29(28)37-21-7-20-34/h3-6,8-19,34H,7,20-21H2,1-2H3,(H,32,35). The number of para-hydroxylation sites is 2. The van der Waals surface area contributed by atoms with E-state index in [1.807, 2.05) is 67.6 Å². The minimum absolute atomic E-state index is 0.0390. The first kappa shape index (κ1) is 25.7. The number of benzene rings is 4. The van der Waals surface area contributed by atoms with E-state index in [0.717, 1.165) is 16.7 Å². The smallest absolute Gasteiger partial charge is 0.258 e. The van der Waals surface area contributed by atoms with E-state index in [1.165, 1.54) is 4.90 Å². The fourth-order valence-corrected chi connectivity index (χ4v) is 3.97. The summed E-state index contributed by atoms with van der Waals surface area (Å²) in [5, 5.41) is 11.9. The van der Waals surface area contributed by atoms with Gasteiger partial charge in [-0.15, -0.1) is 0 Å². The van der Waals surface area contributed by atoms with E-state index in [-0.39, 0.29) is 18.4 Å². The van der Waals surface area contributed by atoms with Crippen molar-refractivity contribution in [1.29, 1.82) is 0 Å². The Hall–Kier alpha value is -4.42. The van der Waals surface area contributed by atoms with Gasteiger partial charge in [-0.05, 0) is 60.5 Å². The molecule has 0 aliphatic rings. The van der Waals surface area contributed by atoms with Crippen LogP contribution < -0.4 is 15.0 Å². The molecule has 188 valence electrons. The van der Waals surface area contributed by atoms with E-state index in [0.29, 0.717) is 41.3 Å². The van der Waals surface area contributed by atoms with Gasteiger partial charge in [0.15, 0.2) is 0 Å². The Morgan fingerprint density at radius 3 is 2.27 bits per heavy atom. The lowest BCUT2D eigenvalue weighted by Crippen LogP contribution is -2.26. The minimum atomic E-state index is -0.221. The molecule has 2 N–H and O–H groups in total. The van der Waals surface area contributed by atoms with Crippen molar-refractivity contribution in [3.63, 3.8) is 0 Å². The lowest BCUT2D eigenvalue weighted by molar-refractivity contribution is 0.0990. The number of aryl methyl sites for hydroxylation is 1. The van der Waals surface area contributed by atoms with Crippen molar-refractivity contribution in [2.45, 2.75) is 13.3 Å². The van der Waals surface area contributed by atoms with E-state index in [4.69, 9.17) is 9.84 Å². The van der Waals surface area contributed by atoms with Crippen molar-refractivity contribution >= 4 is 23.2 Å². The fraction of sp³-hybridized carbons (Fsp3) is 0.161. The van der Waals surface area contributed by atoms with Crippen molar-refractivity contribution in [2.24, 2.45) is 0 Å². The monoisotopic (exact) mass is 494 g/mol. The van der Waals surface area contributed by atoms with E-state index in [1.54, 1.807) is 43.4 Å². The largest absolute Gasteiger partial charge is 0.491 e. The van der Waals surface area contributed by atoms with Gasteiger partial charge in [0.05, 0.1) is 12.3 Å². The first-order chi connectivity index (χ1) is 18.0. The van der Waals surface area contributed by atoms with Crippen molar-refractivity contribution in [3.05, 3.63) is 114 Å². The molecule has 0 atom stereocenters. The molecule has 6 nitrogen and oxygen atoms in total. The summed E-state index contributed by atoms with van der Waals surface area (Å²) in [6, 6.07) is 29.7. The Morgan fingerprint density at radius 2 is 1.54 bits per heavy atom. The lowest BCUT2D eigenvalue weighted by Gasteiger charge is -2.21. The molecule has 0 saturated heterocycles. The van der Waals surface area contributed by atoms with Crippen LogP contribution in [0.2, 0.25) is 0 Å². The van der Waals surface area contributed by atoms with Crippen LogP contribution in [0.4, 0.5) is 11.4 Å². The molecule has 2 amide bonds. The van der Waals surface area contributed by atoms with Crippen molar-refractivity contribution in [3.8, 4) is 16.9 Å². The van der Waals surface area contributed by atoms with Crippen LogP contribution in [-0.2, 0) is 0 Å². The highest BCUT2D eigenvalue weighted by atomic mass is 16.5. The third-order valence-corrected chi connectivity index (χ3v) is 6.02. The summed E-state index contributed by atoms with van der Waals surface area (Å²) in [5.74, 6) is 0.144. The number of nitrogens with one attached hydrogen (secondary N) is 1. The van der Waals surface area contributed by atoms with E-state index in [2.05, 4.69) is 5.32 Å². The Kier molecular flexibility index (Phi) is 8.33. The number of anilines is 2. The van der Waals surface area contributed by atoms with Gasteiger partial charge in [-0.3, -0.25) is 9.59 Å². The zero-order valence-corrected chi connectivity index (χ0v) is 21.0. The molecule has 0 heterocycles. The van der Waals surface area contributed by atoms with Gasteiger partial charge >= 0.3 is 0 Å². The zero-order valence-electron chi connectivity index (χ0n) is 21.0. The van der Waals surface area contributed by atoms with Crippen LogP contribution in [0.3, 0.4) is 0 Å². The number of rotatable bonds is 9. The summed E-state index contributed by atoms with van der Waals surface area (Å²) in [7, 11) is 1.69. The van der Waals surface area contributed by atoms with Crippen molar-refractivity contribution in [2.75, 3.05) is 30.5 Å². The maximum atomic E-state index is 13.2. The summed E-state index contributed by atoms with van der Waals surface area (Å²) < 4.78 is 5.74. The summed E-state index contributed by atoms with van der Waals surface area (Å²) in [4.78, 5) is 27.8. The van der Waals surface area contributed by atoms with Crippen LogP contribution in [0, 0.1) is 6.92 Å². The molecule has 0 fully saturated rings. The lowest BCUT2D eigenvalue weighted by atomic mass is 9.98. The number of carbonyl (C=O) groups excluding carboxylic acids is 2. The Morgan fingerprint density at radius 1 is 0.865 bits per heavy atom. The third kappa shape index (κ3) is 6.23. The molecule has 0 saturated carbocycles. The maximum absolute atomic E-state index is 13.2. The number of nitrogens with zero attached hydrogens (tertiary/aromatic N) is 1. The summed E-state index contributed by atoms with van der Waals surface area (Å²) in [6.45, 7) is 2.43. The highest BCUT2D eigenvalue weighted by Gasteiger charge is 2.18. The van der Waals surface area contributed by atoms with Crippen LogP contribution in [0.25, 0.3) is 11.1 Å². The average molecular weight is 495 g/mol. The van der Waals surface area contributed by atoms with Crippen LogP contribution in [0.5, 0.6) is 5.75 Å². The van der Waals surface area contributed by atoms with Crippen LogP contribution in [-0.4, -0.2) is 37.2 Å². The first-order valence-electron chi connectivity index (χ1n) is 12.2. The Bertz CT molecular complexity index is 1360. The molecule has 0 radical (unpaired) electrons. The molecule has 0 aromatic heterocycles. The minimum Gasteiger partial charge on any atom is -0.491 e. The summed E-state index contributed by atoms with van der Waals surface area (Å²) >= 11 is 0. The number of carbonyl (C=O) groups is 2. The van der Waals surface area contributed by atoms with Gasteiger partial charge in [0.1, 0.15) is 5.75 Å². The number of hydrogen-bond donors (Lipinski definition) is 2. The molecule has 4 aromatic rings. The van der Waals surface area contributed by atoms with Gasteiger partial charge in [0.2, 0.25) is 0 Å². The molecule has 37 heavy (non-hydrogen) atoms. The molecule has 0 aliphatic carbocycles. The van der Waals surface area contributed by atoms with E-state index >= 15 is 0 Å². The SMILES string of the molecule is Cc1ccc(-c2ccccc2C(=O)Nc2ccc(C(=O)N(C)c3ccccc3OCCCO)cc2)cc1. The van der Waals surface area contributed by atoms with Crippen LogP contribution in [0.1, 0.15) is 32.7 Å². The van der Waals surface area contributed by atoms with Gasteiger partial charge < -0.3 is 20.1 Å². The van der Waals surface area contributed by atoms with Gasteiger partial charge in [-0.2, -0.15) is 0 Å². The van der Waals surface area contributed by atoms with Crippen molar-refractivity contribution in [1.82, 2.24) is 0 Å². The van der Waals surface area contributed by atoms with Gasteiger partial charge in [-0.1, -0.05) is 60.2 Å². The predicted octanol–water partition coefficient (Wildman–Crippen LogP) is 5.95. The molecule has 4 rings (SSSR count). The third-order valence-electron chi connectivity index (χ3n) is 6.02.